The largest absolute Gasteiger partial charge is 0.496 e. The lowest BCUT2D eigenvalue weighted by Crippen LogP contribution is -2.54. The fourth-order valence-electron chi connectivity index (χ4n) is 4.12. The maximum atomic E-state index is 13.7. The number of benzene rings is 2. The van der Waals surface area contributed by atoms with E-state index in [1.165, 1.54) is 19.2 Å². The van der Waals surface area contributed by atoms with Crippen molar-refractivity contribution in [1.82, 2.24) is 9.59 Å². The first kappa shape index (κ1) is 29.6. The van der Waals surface area contributed by atoms with Gasteiger partial charge in [-0.3, -0.25) is 10.0 Å². The SMILES string of the molecule is CCCCc1c(OC)ccc(S(=O)(=O)N(O)N(C(=O)C[C@@H](C)CC)C(CC)Cc2ccccc2)c1N. The molecule has 1 amide bonds. The number of nitrogens with two attached hydrogens (primary N) is 1. The van der Waals surface area contributed by atoms with E-state index in [1.54, 1.807) is 0 Å². The first-order valence-corrected chi connectivity index (χ1v) is 14.1. The van der Waals surface area contributed by atoms with Gasteiger partial charge in [-0.25, -0.2) is 13.4 Å². The predicted molar refractivity (Wildman–Crippen MR) is 142 cm³/mol. The van der Waals surface area contributed by atoms with Crippen LogP contribution in [0.5, 0.6) is 5.75 Å². The molecule has 8 nitrogen and oxygen atoms in total. The van der Waals surface area contributed by atoms with E-state index in [-0.39, 0.29) is 27.5 Å². The molecule has 9 heteroatoms. The number of ether oxygens (including phenoxy) is 1. The fourth-order valence-corrected chi connectivity index (χ4v) is 5.39. The number of carbonyl (C=O) groups is 1. The molecule has 3 N–H and O–H groups in total. The number of hydrogen-bond donors (Lipinski definition) is 2. The molecule has 0 fully saturated rings. The van der Waals surface area contributed by atoms with Crippen LogP contribution in [-0.2, 0) is 27.7 Å². The highest BCUT2D eigenvalue weighted by molar-refractivity contribution is 7.89. The van der Waals surface area contributed by atoms with E-state index in [1.807, 2.05) is 58.0 Å². The second-order valence-corrected chi connectivity index (χ2v) is 10.9. The molecule has 2 rings (SSSR count). The summed E-state index contributed by atoms with van der Waals surface area (Å²) in [4.78, 5) is 13.2. The van der Waals surface area contributed by atoms with Crippen molar-refractivity contribution in [2.75, 3.05) is 12.8 Å². The zero-order valence-electron chi connectivity index (χ0n) is 22.1. The fraction of sp³-hybridized carbons (Fsp3) is 0.519. The Morgan fingerprint density at radius 2 is 1.75 bits per heavy atom. The van der Waals surface area contributed by atoms with Gasteiger partial charge in [-0.1, -0.05) is 70.9 Å². The average molecular weight is 520 g/mol. The number of nitrogens with zero attached hydrogens (tertiary/aromatic N) is 2. The molecule has 0 radical (unpaired) electrons. The van der Waals surface area contributed by atoms with Gasteiger partial charge in [0.2, 0.25) is 5.91 Å². The molecule has 36 heavy (non-hydrogen) atoms. The molecule has 1 unspecified atom stereocenters. The minimum absolute atomic E-state index is 0.0206. The minimum Gasteiger partial charge on any atom is -0.496 e. The summed E-state index contributed by atoms with van der Waals surface area (Å²) in [6.07, 6.45) is 3.89. The van der Waals surface area contributed by atoms with E-state index in [0.717, 1.165) is 29.8 Å². The average Bonchev–Trinajstić information content (AvgIpc) is 2.87. The molecule has 0 saturated heterocycles. The molecule has 0 spiro atoms. The molecule has 0 heterocycles. The lowest BCUT2D eigenvalue weighted by Gasteiger charge is -2.36. The standard InChI is InChI=1S/C27H41N3O5S/c1-6-9-15-23-24(35-5)16-17-25(27(23)28)36(33,34)30(32)29(26(31)18-20(4)7-2)22(8-3)19-21-13-11-10-12-14-21/h10-14,16-17,20,22,32H,6-9,15,18-19,28H2,1-5H3/t20-,22?/m0/s1. The van der Waals surface area contributed by atoms with Crippen molar-refractivity contribution < 1.29 is 23.2 Å². The monoisotopic (exact) mass is 519 g/mol. The number of hydrogen-bond acceptors (Lipinski definition) is 6. The maximum Gasteiger partial charge on any atom is 0.285 e. The number of hydrazine groups is 1. The molecule has 2 atom stereocenters. The summed E-state index contributed by atoms with van der Waals surface area (Å²) in [7, 11) is -3.06. The molecule has 0 aliphatic rings. The normalized spacial score (nSPS) is 13.4. The Morgan fingerprint density at radius 1 is 1.08 bits per heavy atom. The van der Waals surface area contributed by atoms with E-state index in [4.69, 9.17) is 10.5 Å². The van der Waals surface area contributed by atoms with Crippen LogP contribution in [0.4, 0.5) is 5.69 Å². The Morgan fingerprint density at radius 3 is 2.31 bits per heavy atom. The van der Waals surface area contributed by atoms with Gasteiger partial charge in [0, 0.05) is 16.6 Å². The van der Waals surface area contributed by atoms with Gasteiger partial charge in [0.15, 0.2) is 0 Å². The molecule has 200 valence electrons. The number of amides is 1. The highest BCUT2D eigenvalue weighted by atomic mass is 32.2. The van der Waals surface area contributed by atoms with E-state index in [2.05, 4.69) is 0 Å². The van der Waals surface area contributed by atoms with Crippen LogP contribution in [0.3, 0.4) is 0 Å². The maximum absolute atomic E-state index is 13.7. The van der Waals surface area contributed by atoms with Gasteiger partial charge >= 0.3 is 0 Å². The molecule has 0 aliphatic heterocycles. The van der Waals surface area contributed by atoms with Crippen molar-refractivity contribution in [1.29, 1.82) is 0 Å². The summed E-state index contributed by atoms with van der Waals surface area (Å²) in [6.45, 7) is 7.78. The molecular weight excluding hydrogens is 478 g/mol. The van der Waals surface area contributed by atoms with Crippen molar-refractivity contribution in [2.24, 2.45) is 5.92 Å². The Kier molecular flexibility index (Phi) is 11.2. The number of unbranched alkanes of at least 4 members (excludes halogenated alkanes) is 1. The van der Waals surface area contributed by atoms with Gasteiger partial charge in [-0.2, -0.15) is 0 Å². The first-order chi connectivity index (χ1) is 17.1. The van der Waals surface area contributed by atoms with E-state index in [0.29, 0.717) is 30.6 Å². The van der Waals surface area contributed by atoms with Crippen LogP contribution in [0.2, 0.25) is 0 Å². The molecular formula is C27H41N3O5S. The Balaban J connectivity index is 2.55. The zero-order valence-corrected chi connectivity index (χ0v) is 22.9. The third-order valence-electron chi connectivity index (χ3n) is 6.56. The van der Waals surface area contributed by atoms with Gasteiger partial charge in [0.1, 0.15) is 10.6 Å². The van der Waals surface area contributed by atoms with Crippen LogP contribution >= 0.6 is 0 Å². The summed E-state index contributed by atoms with van der Waals surface area (Å²) in [5.74, 6) is 0.0538. The number of sulfonamides is 1. The lowest BCUT2D eigenvalue weighted by molar-refractivity contribution is -0.199. The zero-order chi connectivity index (χ0) is 26.9. The van der Waals surface area contributed by atoms with Gasteiger partial charge in [-0.15, -0.1) is 0 Å². The summed E-state index contributed by atoms with van der Waals surface area (Å²) in [5.41, 5.74) is 7.86. The van der Waals surface area contributed by atoms with Crippen LogP contribution in [0.1, 0.15) is 70.9 Å². The van der Waals surface area contributed by atoms with Crippen LogP contribution in [0.15, 0.2) is 47.4 Å². The molecule has 0 aromatic heterocycles. The highest BCUT2D eigenvalue weighted by Crippen LogP contribution is 2.34. The summed E-state index contributed by atoms with van der Waals surface area (Å²) >= 11 is 0. The molecule has 0 saturated carbocycles. The summed E-state index contributed by atoms with van der Waals surface area (Å²) < 4.78 is 32.9. The third-order valence-corrected chi connectivity index (χ3v) is 8.08. The number of carbonyl (C=O) groups excluding carboxylic acids is 1. The van der Waals surface area contributed by atoms with Gasteiger partial charge in [-0.05, 0) is 49.3 Å². The topological polar surface area (TPSA) is 113 Å². The van der Waals surface area contributed by atoms with Crippen molar-refractivity contribution in [2.45, 2.75) is 83.6 Å². The van der Waals surface area contributed by atoms with Crippen LogP contribution in [0.25, 0.3) is 0 Å². The number of rotatable bonds is 14. The second-order valence-electron chi connectivity index (χ2n) is 9.20. The van der Waals surface area contributed by atoms with E-state index < -0.39 is 22.0 Å². The van der Waals surface area contributed by atoms with Crippen LogP contribution in [-0.4, -0.2) is 42.3 Å². The van der Waals surface area contributed by atoms with Gasteiger partial charge in [0.05, 0.1) is 18.8 Å². The van der Waals surface area contributed by atoms with Crippen molar-refractivity contribution in [3.8, 4) is 5.75 Å². The van der Waals surface area contributed by atoms with Crippen molar-refractivity contribution >= 4 is 21.6 Å². The highest BCUT2D eigenvalue weighted by Gasteiger charge is 2.38. The summed E-state index contributed by atoms with van der Waals surface area (Å²) in [6, 6.07) is 11.8. The molecule has 0 bridgehead atoms. The number of nitrogen functional groups attached to an aromatic ring is 1. The van der Waals surface area contributed by atoms with Crippen LogP contribution in [0, 0.1) is 5.92 Å². The lowest BCUT2D eigenvalue weighted by atomic mass is 10.0. The minimum atomic E-state index is -4.56. The number of anilines is 1. The predicted octanol–water partition coefficient (Wildman–Crippen LogP) is 5.20. The van der Waals surface area contributed by atoms with E-state index in [9.17, 15) is 18.4 Å². The smallest absolute Gasteiger partial charge is 0.285 e. The van der Waals surface area contributed by atoms with E-state index >= 15 is 0 Å². The van der Waals surface area contributed by atoms with Crippen molar-refractivity contribution in [3.05, 3.63) is 53.6 Å². The quantitative estimate of drug-likeness (QED) is 0.262. The Labute approximate surface area is 216 Å². The molecule has 2 aromatic rings. The van der Waals surface area contributed by atoms with Gasteiger partial charge in [0.25, 0.3) is 10.0 Å². The van der Waals surface area contributed by atoms with Gasteiger partial charge < -0.3 is 10.5 Å². The Bertz CT molecular complexity index is 1090. The van der Waals surface area contributed by atoms with Crippen LogP contribution < -0.4 is 10.5 Å². The first-order valence-electron chi connectivity index (χ1n) is 12.7. The summed E-state index contributed by atoms with van der Waals surface area (Å²) in [5, 5.41) is 12.2. The third kappa shape index (κ3) is 6.99. The second kappa shape index (κ2) is 13.6. The van der Waals surface area contributed by atoms with Crippen molar-refractivity contribution in [3.63, 3.8) is 0 Å². The molecule has 2 aromatic carbocycles. The molecule has 0 aliphatic carbocycles. The number of methoxy groups -OCH3 is 1. The Hall–Kier alpha value is -2.62.